The molecular weight excluding hydrogens is 270 g/mol. The van der Waals surface area contributed by atoms with Gasteiger partial charge in [-0.3, -0.25) is 4.79 Å². The van der Waals surface area contributed by atoms with Gasteiger partial charge in [0.15, 0.2) is 0 Å². The van der Waals surface area contributed by atoms with Crippen LogP contribution >= 0.6 is 0 Å². The molecule has 0 saturated carbocycles. The van der Waals surface area contributed by atoms with Crippen LogP contribution in [0.2, 0.25) is 0 Å². The van der Waals surface area contributed by atoms with E-state index in [-0.39, 0.29) is 5.91 Å². The van der Waals surface area contributed by atoms with Crippen LogP contribution in [0, 0.1) is 6.92 Å². The Bertz CT molecular complexity index is 503. The number of urea groups is 1. The Morgan fingerprint density at radius 2 is 2.00 bits per heavy atom. The van der Waals surface area contributed by atoms with Gasteiger partial charge in [0.25, 0.3) is 0 Å². The summed E-state index contributed by atoms with van der Waals surface area (Å²) >= 11 is 0. The van der Waals surface area contributed by atoms with E-state index < -0.39 is 12.1 Å². The van der Waals surface area contributed by atoms with Gasteiger partial charge in [0.2, 0.25) is 5.91 Å². The minimum Gasteiger partial charge on any atom is -0.494 e. The second-order valence-electron chi connectivity index (χ2n) is 4.62. The van der Waals surface area contributed by atoms with E-state index in [4.69, 9.17) is 4.74 Å². The number of anilines is 1. The van der Waals surface area contributed by atoms with Crippen LogP contribution in [0.1, 0.15) is 26.3 Å². The van der Waals surface area contributed by atoms with Crippen molar-refractivity contribution < 1.29 is 14.3 Å². The lowest BCUT2D eigenvalue weighted by molar-refractivity contribution is -0.122. The zero-order chi connectivity index (χ0) is 15.8. The van der Waals surface area contributed by atoms with Crippen molar-refractivity contribution in [1.82, 2.24) is 10.6 Å². The zero-order valence-electron chi connectivity index (χ0n) is 12.9. The molecular formula is C15H23N3O3. The van der Waals surface area contributed by atoms with Crippen LogP contribution in [-0.4, -0.2) is 31.1 Å². The maximum absolute atomic E-state index is 11.9. The molecule has 0 radical (unpaired) electrons. The Balaban J connectivity index is 2.60. The second kappa shape index (κ2) is 8.14. The van der Waals surface area contributed by atoms with Gasteiger partial charge in [0.05, 0.1) is 6.61 Å². The van der Waals surface area contributed by atoms with Crippen molar-refractivity contribution in [3.05, 3.63) is 23.8 Å². The Labute approximate surface area is 125 Å². The van der Waals surface area contributed by atoms with Gasteiger partial charge in [-0.15, -0.1) is 0 Å². The first kappa shape index (κ1) is 16.8. The fourth-order valence-corrected chi connectivity index (χ4v) is 1.78. The molecule has 6 nitrogen and oxygen atoms in total. The number of hydrogen-bond donors (Lipinski definition) is 3. The second-order valence-corrected chi connectivity index (χ2v) is 4.62. The highest BCUT2D eigenvalue weighted by atomic mass is 16.5. The van der Waals surface area contributed by atoms with Crippen molar-refractivity contribution >= 4 is 17.6 Å². The monoisotopic (exact) mass is 293 g/mol. The Kier molecular flexibility index (Phi) is 6.52. The van der Waals surface area contributed by atoms with Crippen molar-refractivity contribution in [2.75, 3.05) is 18.5 Å². The number of likely N-dealkylation sites (N-methyl/N-ethyl adjacent to an activating group) is 1. The van der Waals surface area contributed by atoms with Gasteiger partial charge in [-0.25, -0.2) is 4.79 Å². The number of aryl methyl sites for hydroxylation is 1. The number of carbonyl (C=O) groups excluding carboxylic acids is 2. The molecule has 1 aromatic rings. The standard InChI is InChI=1S/C15H23N3O3/c1-5-16-14(19)11(4)17-15(20)18-13-8-7-12(21-6-2)9-10(13)3/h7-9,11H,5-6H2,1-4H3,(H,16,19)(H2,17,18,20). The largest absolute Gasteiger partial charge is 0.494 e. The summed E-state index contributed by atoms with van der Waals surface area (Å²) in [4.78, 5) is 23.4. The predicted molar refractivity (Wildman–Crippen MR) is 82.6 cm³/mol. The number of hydrogen-bond acceptors (Lipinski definition) is 3. The van der Waals surface area contributed by atoms with E-state index in [0.29, 0.717) is 18.8 Å². The average Bonchev–Trinajstić information content (AvgIpc) is 2.42. The van der Waals surface area contributed by atoms with Crippen LogP contribution < -0.4 is 20.7 Å². The molecule has 3 N–H and O–H groups in total. The summed E-state index contributed by atoms with van der Waals surface area (Å²) < 4.78 is 5.39. The van der Waals surface area contributed by atoms with E-state index in [9.17, 15) is 9.59 Å². The van der Waals surface area contributed by atoms with E-state index in [0.717, 1.165) is 11.3 Å². The lowest BCUT2D eigenvalue weighted by Crippen LogP contribution is -2.46. The molecule has 0 bridgehead atoms. The number of ether oxygens (including phenoxy) is 1. The number of amides is 3. The minimum absolute atomic E-state index is 0.212. The van der Waals surface area contributed by atoms with Gasteiger partial charge in [0, 0.05) is 12.2 Å². The molecule has 1 aromatic carbocycles. The molecule has 3 amide bonds. The summed E-state index contributed by atoms with van der Waals surface area (Å²) in [5.74, 6) is 0.549. The SMILES string of the molecule is CCNC(=O)C(C)NC(=O)Nc1ccc(OCC)cc1C. The molecule has 0 aliphatic carbocycles. The van der Waals surface area contributed by atoms with E-state index in [1.807, 2.05) is 26.8 Å². The van der Waals surface area contributed by atoms with Crippen LogP contribution in [-0.2, 0) is 4.79 Å². The summed E-state index contributed by atoms with van der Waals surface area (Å²) in [7, 11) is 0. The van der Waals surface area contributed by atoms with Gasteiger partial charge in [-0.05, 0) is 51.5 Å². The van der Waals surface area contributed by atoms with E-state index in [2.05, 4.69) is 16.0 Å². The average molecular weight is 293 g/mol. The van der Waals surface area contributed by atoms with Gasteiger partial charge in [-0.2, -0.15) is 0 Å². The van der Waals surface area contributed by atoms with Crippen LogP contribution in [0.3, 0.4) is 0 Å². The summed E-state index contributed by atoms with van der Waals surface area (Å²) in [6.45, 7) is 8.38. The molecule has 0 aliphatic heterocycles. The number of carbonyl (C=O) groups is 2. The van der Waals surface area contributed by atoms with Crippen molar-refractivity contribution in [2.24, 2.45) is 0 Å². The fourth-order valence-electron chi connectivity index (χ4n) is 1.78. The third kappa shape index (κ3) is 5.33. The third-order valence-corrected chi connectivity index (χ3v) is 2.85. The van der Waals surface area contributed by atoms with Gasteiger partial charge >= 0.3 is 6.03 Å². The number of rotatable bonds is 6. The molecule has 1 unspecified atom stereocenters. The summed E-state index contributed by atoms with van der Waals surface area (Å²) in [6, 6.07) is 4.41. The summed E-state index contributed by atoms with van der Waals surface area (Å²) in [6.07, 6.45) is 0. The van der Waals surface area contributed by atoms with Crippen LogP contribution in [0.5, 0.6) is 5.75 Å². The quantitative estimate of drug-likeness (QED) is 0.751. The first-order valence-electron chi connectivity index (χ1n) is 7.06. The normalized spacial score (nSPS) is 11.4. The maximum atomic E-state index is 11.9. The summed E-state index contributed by atoms with van der Waals surface area (Å²) in [5.41, 5.74) is 1.57. The zero-order valence-corrected chi connectivity index (χ0v) is 12.9. The van der Waals surface area contributed by atoms with Crippen molar-refractivity contribution in [3.63, 3.8) is 0 Å². The molecule has 0 fully saturated rings. The highest BCUT2D eigenvalue weighted by Gasteiger charge is 2.15. The molecule has 0 aromatic heterocycles. The maximum Gasteiger partial charge on any atom is 0.319 e. The van der Waals surface area contributed by atoms with Crippen molar-refractivity contribution in [2.45, 2.75) is 33.7 Å². The molecule has 0 heterocycles. The van der Waals surface area contributed by atoms with Gasteiger partial charge in [0.1, 0.15) is 11.8 Å². The number of nitrogens with one attached hydrogen (secondary N) is 3. The first-order chi connectivity index (χ1) is 9.97. The van der Waals surface area contributed by atoms with E-state index in [1.165, 1.54) is 0 Å². The minimum atomic E-state index is -0.590. The molecule has 21 heavy (non-hydrogen) atoms. The fraction of sp³-hybridized carbons (Fsp3) is 0.467. The van der Waals surface area contributed by atoms with E-state index >= 15 is 0 Å². The highest BCUT2D eigenvalue weighted by molar-refractivity contribution is 5.94. The van der Waals surface area contributed by atoms with Crippen molar-refractivity contribution in [1.29, 1.82) is 0 Å². The molecule has 1 atom stereocenters. The molecule has 116 valence electrons. The van der Waals surface area contributed by atoms with Crippen LogP contribution in [0.15, 0.2) is 18.2 Å². The third-order valence-electron chi connectivity index (χ3n) is 2.85. The topological polar surface area (TPSA) is 79.5 Å². The van der Waals surface area contributed by atoms with E-state index in [1.54, 1.807) is 19.1 Å². The molecule has 0 aliphatic rings. The van der Waals surface area contributed by atoms with Crippen LogP contribution in [0.25, 0.3) is 0 Å². The van der Waals surface area contributed by atoms with Crippen LogP contribution in [0.4, 0.5) is 10.5 Å². The molecule has 0 spiro atoms. The Hall–Kier alpha value is -2.24. The molecule has 6 heteroatoms. The predicted octanol–water partition coefficient (Wildman–Crippen LogP) is 2.04. The van der Waals surface area contributed by atoms with Crippen molar-refractivity contribution in [3.8, 4) is 5.75 Å². The lowest BCUT2D eigenvalue weighted by atomic mass is 10.2. The van der Waals surface area contributed by atoms with Gasteiger partial charge < -0.3 is 20.7 Å². The number of benzene rings is 1. The van der Waals surface area contributed by atoms with Gasteiger partial charge in [-0.1, -0.05) is 0 Å². The smallest absolute Gasteiger partial charge is 0.319 e. The lowest BCUT2D eigenvalue weighted by Gasteiger charge is -2.15. The Morgan fingerprint density at radius 3 is 2.57 bits per heavy atom. The highest BCUT2D eigenvalue weighted by Crippen LogP contribution is 2.21. The molecule has 0 saturated heterocycles. The summed E-state index contributed by atoms with van der Waals surface area (Å²) in [5, 5.41) is 7.96. The first-order valence-corrected chi connectivity index (χ1v) is 7.06. The Morgan fingerprint density at radius 1 is 1.29 bits per heavy atom. The molecule has 1 rings (SSSR count).